The summed E-state index contributed by atoms with van der Waals surface area (Å²) >= 11 is 0. The number of rotatable bonds is 12. The predicted octanol–water partition coefficient (Wildman–Crippen LogP) is 6.75. The van der Waals surface area contributed by atoms with Crippen molar-refractivity contribution in [2.24, 2.45) is 4.99 Å². The summed E-state index contributed by atoms with van der Waals surface area (Å²) in [5, 5.41) is 0. The zero-order chi connectivity index (χ0) is 36.6. The molecule has 0 bridgehead atoms. The van der Waals surface area contributed by atoms with Crippen LogP contribution in [0.2, 0.25) is 0 Å². The van der Waals surface area contributed by atoms with Crippen molar-refractivity contribution in [1.29, 1.82) is 0 Å². The Bertz CT molecular complexity index is 2180. The highest BCUT2D eigenvalue weighted by Gasteiger charge is 2.38. The number of carbonyl (C=O) groups is 4. The first-order valence-corrected chi connectivity index (χ1v) is 18.3. The van der Waals surface area contributed by atoms with E-state index in [1.165, 1.54) is 0 Å². The van der Waals surface area contributed by atoms with Gasteiger partial charge in [-0.25, -0.2) is 0 Å². The smallest absolute Gasteiger partial charge is 0.261 e. The Balaban J connectivity index is 0.909. The lowest BCUT2D eigenvalue weighted by Crippen LogP contribution is -2.37. The summed E-state index contributed by atoms with van der Waals surface area (Å²) < 4.78 is 18.0. The number of fused-ring (bicyclic) bond motifs is 8. The molecular weight excluding hydrogens is 670 g/mol. The summed E-state index contributed by atoms with van der Waals surface area (Å²) in [7, 11) is 1.56. The average Bonchev–Trinajstić information content (AvgIpc) is 3.65. The highest BCUT2D eigenvalue weighted by Crippen LogP contribution is 2.42. The number of hydrogen-bond donors (Lipinski definition) is 0. The van der Waals surface area contributed by atoms with Crippen LogP contribution in [0.3, 0.4) is 0 Å². The summed E-state index contributed by atoms with van der Waals surface area (Å²) in [6.07, 6.45) is 6.99. The molecule has 53 heavy (non-hydrogen) atoms. The summed E-state index contributed by atoms with van der Waals surface area (Å²) in [6.45, 7) is 2.72. The van der Waals surface area contributed by atoms with Gasteiger partial charge in [0, 0.05) is 67.4 Å². The Morgan fingerprint density at radius 2 is 1.64 bits per heavy atom. The topological polar surface area (TPSA) is 115 Å². The zero-order valence-corrected chi connectivity index (χ0v) is 29.9. The van der Waals surface area contributed by atoms with Crippen molar-refractivity contribution in [2.45, 2.75) is 70.4 Å². The lowest BCUT2D eigenvalue weighted by atomic mass is 9.97. The second-order valence-electron chi connectivity index (χ2n) is 14.2. The Kier molecular flexibility index (Phi) is 9.28. The first-order valence-electron chi connectivity index (χ1n) is 18.3. The van der Waals surface area contributed by atoms with Crippen LogP contribution in [-0.4, -0.2) is 62.5 Å². The van der Waals surface area contributed by atoms with Crippen LogP contribution in [0, 0.1) is 6.92 Å². The van der Waals surface area contributed by atoms with Crippen molar-refractivity contribution >= 4 is 47.2 Å². The van der Waals surface area contributed by atoms with Crippen LogP contribution in [0.15, 0.2) is 71.7 Å². The monoisotopic (exact) mass is 711 g/mol. The average molecular weight is 712 g/mol. The van der Waals surface area contributed by atoms with Crippen LogP contribution >= 0.6 is 0 Å². The quantitative estimate of drug-likeness (QED) is 0.118. The number of methoxy groups -OCH3 is 1. The minimum Gasteiger partial charge on any atom is -0.493 e. The van der Waals surface area contributed by atoms with Crippen molar-refractivity contribution in [3.05, 3.63) is 106 Å². The van der Waals surface area contributed by atoms with Gasteiger partial charge < -0.3 is 23.9 Å². The van der Waals surface area contributed by atoms with Gasteiger partial charge in [-0.05, 0) is 84.3 Å². The molecule has 0 N–H and O–H groups in total. The normalized spacial score (nSPS) is 17.8. The van der Waals surface area contributed by atoms with E-state index >= 15 is 0 Å². The predicted molar refractivity (Wildman–Crippen MR) is 202 cm³/mol. The van der Waals surface area contributed by atoms with Crippen LogP contribution in [-0.2, 0) is 35.3 Å². The number of ketones is 1. The highest BCUT2D eigenvalue weighted by atomic mass is 16.5. The van der Waals surface area contributed by atoms with Crippen LogP contribution in [0.25, 0.3) is 0 Å². The highest BCUT2D eigenvalue weighted by molar-refractivity contribution is 6.15. The molecule has 10 nitrogen and oxygen atoms in total. The number of amides is 2. The number of Topliss-reactive ketones (excluding diaryl/α,β-unsaturated/α-hetero) is 1. The first-order chi connectivity index (χ1) is 25.8. The van der Waals surface area contributed by atoms with Crippen LogP contribution in [0.5, 0.6) is 17.2 Å². The van der Waals surface area contributed by atoms with Gasteiger partial charge in [0.1, 0.15) is 17.8 Å². The fourth-order valence-corrected chi connectivity index (χ4v) is 8.06. The summed E-state index contributed by atoms with van der Waals surface area (Å²) in [6, 6.07) is 21.3. The fourth-order valence-electron chi connectivity index (χ4n) is 8.06. The van der Waals surface area contributed by atoms with Gasteiger partial charge in [0.15, 0.2) is 11.5 Å². The second kappa shape index (κ2) is 14.3. The van der Waals surface area contributed by atoms with Crippen LogP contribution in [0.4, 0.5) is 17.1 Å². The van der Waals surface area contributed by atoms with Crippen LogP contribution in [0.1, 0.15) is 74.2 Å². The van der Waals surface area contributed by atoms with E-state index in [0.29, 0.717) is 47.9 Å². The van der Waals surface area contributed by atoms with E-state index in [1.807, 2.05) is 77.5 Å². The van der Waals surface area contributed by atoms with Gasteiger partial charge in [0.2, 0.25) is 0 Å². The Morgan fingerprint density at radius 1 is 0.849 bits per heavy atom. The summed E-state index contributed by atoms with van der Waals surface area (Å²) in [5.74, 6) is 1.60. The maximum absolute atomic E-state index is 14.1. The third-order valence-electron chi connectivity index (χ3n) is 10.7. The minimum atomic E-state index is -0.138. The van der Waals surface area contributed by atoms with Crippen molar-refractivity contribution in [2.75, 3.05) is 30.1 Å². The molecule has 0 aromatic heterocycles. The van der Waals surface area contributed by atoms with Crippen molar-refractivity contribution in [3.63, 3.8) is 0 Å². The van der Waals surface area contributed by atoms with Gasteiger partial charge in [-0.1, -0.05) is 30.3 Å². The van der Waals surface area contributed by atoms with E-state index in [-0.39, 0.29) is 48.9 Å². The fraction of sp³-hybridized carbons (Fsp3) is 0.326. The molecule has 2 amide bonds. The maximum atomic E-state index is 14.1. The summed E-state index contributed by atoms with van der Waals surface area (Å²) in [4.78, 5) is 59.3. The first kappa shape index (κ1) is 34.3. The molecule has 8 rings (SSSR count). The molecular formula is C43H41N3O7. The molecule has 2 atom stereocenters. The molecule has 0 aliphatic carbocycles. The third kappa shape index (κ3) is 6.47. The molecule has 0 saturated heterocycles. The van der Waals surface area contributed by atoms with Crippen LogP contribution < -0.4 is 24.0 Å². The van der Waals surface area contributed by atoms with Gasteiger partial charge in [-0.15, -0.1) is 0 Å². The van der Waals surface area contributed by atoms with Gasteiger partial charge >= 0.3 is 0 Å². The lowest BCUT2D eigenvalue weighted by Gasteiger charge is -2.24. The maximum Gasteiger partial charge on any atom is 0.261 e. The molecule has 0 saturated carbocycles. The molecule has 4 aromatic rings. The molecule has 0 radical (unpaired) electrons. The van der Waals surface area contributed by atoms with E-state index in [1.54, 1.807) is 19.2 Å². The Labute approximate surface area is 308 Å². The van der Waals surface area contributed by atoms with Gasteiger partial charge in [-0.2, -0.15) is 0 Å². The van der Waals surface area contributed by atoms with Gasteiger partial charge in [-0.3, -0.25) is 24.3 Å². The van der Waals surface area contributed by atoms with Gasteiger partial charge in [0.05, 0.1) is 37.6 Å². The number of aryl methyl sites for hydroxylation is 2. The number of anilines is 2. The SMILES string of the molecule is COc1cc2c(cc1OCCCOc1cc3c(cc1C)C(=O)N1c4cc(CC(=O)CCC=O)ccc4C[C@H]1CC3)N=C[C@@H]1Cc3ccccc3N1C2=O. The molecule has 270 valence electrons. The Morgan fingerprint density at radius 3 is 2.47 bits per heavy atom. The van der Waals surface area contributed by atoms with Gasteiger partial charge in [0.25, 0.3) is 11.8 Å². The molecule has 0 unspecified atom stereocenters. The number of nitrogens with zero attached hydrogens (tertiary/aromatic N) is 3. The summed E-state index contributed by atoms with van der Waals surface area (Å²) in [5.41, 5.74) is 8.45. The number of aldehydes is 1. The van der Waals surface area contributed by atoms with E-state index in [4.69, 9.17) is 19.2 Å². The standard InChI is InChI=1S/C43H41N3O7/c1-26-17-34-28(12-13-31-20-30-11-10-27(18-33(48)8-5-14-47)19-38(30)45(31)42(34)49)22-39(26)52-15-6-16-53-41-24-36-35(23-40(41)51-2)43(50)46-32(25-44-36)21-29-7-3-4-9-37(29)46/h3-4,7,9-11,14,17,19,22-25,31-32H,5-6,8,12-13,15-16,18,20-21H2,1-2H3/t31-,32+/m1/s1. The number of para-hydroxylation sites is 1. The minimum absolute atomic E-state index is 0.0160. The third-order valence-corrected chi connectivity index (χ3v) is 10.7. The number of hydrogen-bond acceptors (Lipinski definition) is 8. The molecule has 0 spiro atoms. The van der Waals surface area contributed by atoms with E-state index in [2.05, 4.69) is 0 Å². The number of benzene rings is 4. The molecule has 4 aliphatic heterocycles. The Hall–Kier alpha value is -5.77. The molecule has 4 aliphatic rings. The van der Waals surface area contributed by atoms with E-state index in [9.17, 15) is 19.2 Å². The molecule has 0 fully saturated rings. The molecule has 4 aromatic carbocycles. The zero-order valence-electron chi connectivity index (χ0n) is 29.9. The van der Waals surface area contributed by atoms with E-state index in [0.717, 1.165) is 76.9 Å². The lowest BCUT2D eigenvalue weighted by molar-refractivity contribution is -0.120. The second-order valence-corrected chi connectivity index (χ2v) is 14.2. The number of carbonyl (C=O) groups excluding carboxylic acids is 4. The van der Waals surface area contributed by atoms with Crippen molar-refractivity contribution in [1.82, 2.24) is 0 Å². The number of aliphatic imine (C=N–C) groups is 1. The number of ether oxygens (including phenoxy) is 3. The van der Waals surface area contributed by atoms with E-state index < -0.39 is 0 Å². The largest absolute Gasteiger partial charge is 0.493 e. The molecule has 4 heterocycles. The van der Waals surface area contributed by atoms with Crippen molar-refractivity contribution in [3.8, 4) is 17.2 Å². The molecule has 10 heteroatoms. The van der Waals surface area contributed by atoms with Crippen molar-refractivity contribution < 1.29 is 33.4 Å².